The van der Waals surface area contributed by atoms with Gasteiger partial charge in [0.1, 0.15) is 6.33 Å². The Labute approximate surface area is 195 Å². The van der Waals surface area contributed by atoms with Crippen LogP contribution in [0.5, 0.6) is 0 Å². The Kier molecular flexibility index (Phi) is 5.94. The summed E-state index contributed by atoms with van der Waals surface area (Å²) < 4.78 is 38.5. The molecule has 1 aliphatic carbocycles. The third-order valence-electron chi connectivity index (χ3n) is 6.23. The molecular formula is C22H25N5O4S2. The lowest BCUT2D eigenvalue weighted by molar-refractivity contribution is 0.231. The maximum Gasteiger partial charge on any atom is 0.420 e. The van der Waals surface area contributed by atoms with Crippen LogP contribution < -0.4 is 10.5 Å². The van der Waals surface area contributed by atoms with E-state index in [1.165, 1.54) is 24.0 Å². The first-order valence-electron chi connectivity index (χ1n) is 11.0. The summed E-state index contributed by atoms with van der Waals surface area (Å²) in [6.45, 7) is 5.72. The van der Waals surface area contributed by atoms with Gasteiger partial charge in [-0.2, -0.15) is 4.37 Å². The number of hydrogen-bond acceptors (Lipinski definition) is 8. The third-order valence-corrected chi connectivity index (χ3v) is 8.28. The van der Waals surface area contributed by atoms with E-state index in [1.807, 2.05) is 0 Å². The minimum atomic E-state index is -3.87. The standard InChI is InChI=1S/C22H25N5O4S2/c1-2-9-26-10-8-15-4-3-5-16(18(15)13-26)12-27-19-7-6-17(11-20(19)31-22(27)28)33(29,30)25-21-23-14-24-32-21/h3,5-7,11,14-15H,2,4,8-10,12-13H2,1H3,(H,23,24,25). The highest BCUT2D eigenvalue weighted by Crippen LogP contribution is 2.33. The van der Waals surface area contributed by atoms with Crippen molar-refractivity contribution in [1.29, 1.82) is 0 Å². The average molecular weight is 488 g/mol. The van der Waals surface area contributed by atoms with E-state index in [-0.39, 0.29) is 15.6 Å². The van der Waals surface area contributed by atoms with Crippen molar-refractivity contribution in [1.82, 2.24) is 18.8 Å². The van der Waals surface area contributed by atoms with E-state index >= 15 is 0 Å². The number of benzene rings is 1. The van der Waals surface area contributed by atoms with Crippen LogP contribution in [0.15, 0.2) is 61.9 Å². The molecule has 3 aromatic rings. The Morgan fingerprint density at radius 2 is 2.21 bits per heavy atom. The van der Waals surface area contributed by atoms with Crippen molar-refractivity contribution in [2.24, 2.45) is 5.92 Å². The van der Waals surface area contributed by atoms with Crippen LogP contribution in [0.3, 0.4) is 0 Å². The number of fused-ring (bicyclic) bond motifs is 2. The van der Waals surface area contributed by atoms with Gasteiger partial charge in [0.15, 0.2) is 5.58 Å². The second-order valence-electron chi connectivity index (χ2n) is 8.39. The van der Waals surface area contributed by atoms with Gasteiger partial charge in [-0.15, -0.1) is 0 Å². The molecule has 0 radical (unpaired) electrons. The van der Waals surface area contributed by atoms with E-state index in [0.717, 1.165) is 56.0 Å². The zero-order valence-corrected chi connectivity index (χ0v) is 19.9. The molecule has 2 aliphatic rings. The number of piperidine rings is 1. The van der Waals surface area contributed by atoms with Crippen molar-refractivity contribution in [3.05, 3.63) is 58.4 Å². The average Bonchev–Trinajstić information content (AvgIpc) is 3.41. The molecule has 0 spiro atoms. The first-order valence-corrected chi connectivity index (χ1v) is 13.2. The fourth-order valence-corrected chi connectivity index (χ4v) is 6.33. The molecule has 1 atom stereocenters. The number of allylic oxidation sites excluding steroid dienone is 3. The van der Waals surface area contributed by atoms with Crippen LogP contribution in [0, 0.1) is 5.92 Å². The number of aromatic nitrogens is 3. The number of sulfonamides is 1. The Morgan fingerprint density at radius 3 is 3.00 bits per heavy atom. The summed E-state index contributed by atoms with van der Waals surface area (Å²) in [4.78, 5) is 19.0. The molecule has 11 heteroatoms. The summed E-state index contributed by atoms with van der Waals surface area (Å²) in [7, 11) is -3.87. The normalized spacial score (nSPS) is 19.2. The predicted octanol–water partition coefficient (Wildman–Crippen LogP) is 3.24. The Morgan fingerprint density at radius 1 is 1.33 bits per heavy atom. The minimum absolute atomic E-state index is 0.00626. The molecule has 0 bridgehead atoms. The molecule has 3 heterocycles. The van der Waals surface area contributed by atoms with Crippen LogP contribution in [0.2, 0.25) is 0 Å². The van der Waals surface area contributed by atoms with Crippen molar-refractivity contribution < 1.29 is 12.8 Å². The van der Waals surface area contributed by atoms with Crippen molar-refractivity contribution in [2.75, 3.05) is 24.4 Å². The first kappa shape index (κ1) is 22.1. The number of oxazole rings is 1. The van der Waals surface area contributed by atoms with Gasteiger partial charge >= 0.3 is 5.76 Å². The summed E-state index contributed by atoms with van der Waals surface area (Å²) in [5.41, 5.74) is 3.35. The summed E-state index contributed by atoms with van der Waals surface area (Å²) >= 11 is 0.942. The molecule has 0 saturated carbocycles. The second kappa shape index (κ2) is 8.88. The van der Waals surface area contributed by atoms with E-state index in [4.69, 9.17) is 4.42 Å². The monoisotopic (exact) mass is 487 g/mol. The Hall–Kier alpha value is -2.76. The third kappa shape index (κ3) is 4.40. The Bertz CT molecular complexity index is 1390. The van der Waals surface area contributed by atoms with Crippen LogP contribution >= 0.6 is 11.5 Å². The highest BCUT2D eigenvalue weighted by molar-refractivity contribution is 7.93. The molecule has 1 fully saturated rings. The van der Waals surface area contributed by atoms with Crippen molar-refractivity contribution >= 4 is 37.8 Å². The quantitative estimate of drug-likeness (QED) is 0.545. The lowest BCUT2D eigenvalue weighted by Crippen LogP contribution is -2.37. The molecule has 174 valence electrons. The van der Waals surface area contributed by atoms with Gasteiger partial charge in [0.05, 0.1) is 17.0 Å². The van der Waals surface area contributed by atoms with Gasteiger partial charge in [0.25, 0.3) is 10.0 Å². The predicted molar refractivity (Wildman–Crippen MR) is 127 cm³/mol. The fourth-order valence-electron chi connectivity index (χ4n) is 4.65. The summed E-state index contributed by atoms with van der Waals surface area (Å²) in [6.07, 6.45) is 8.88. The molecular weight excluding hydrogens is 462 g/mol. The maximum absolute atomic E-state index is 12.7. The minimum Gasteiger partial charge on any atom is -0.408 e. The van der Waals surface area contributed by atoms with Crippen molar-refractivity contribution in [2.45, 2.75) is 37.6 Å². The smallest absolute Gasteiger partial charge is 0.408 e. The zero-order valence-electron chi connectivity index (χ0n) is 18.2. The topological polar surface area (TPSA) is 110 Å². The largest absolute Gasteiger partial charge is 0.420 e. The van der Waals surface area contributed by atoms with Crippen LogP contribution in [0.4, 0.5) is 5.13 Å². The lowest BCUT2D eigenvalue weighted by Gasteiger charge is -2.36. The molecule has 33 heavy (non-hydrogen) atoms. The molecule has 1 aromatic carbocycles. The van der Waals surface area contributed by atoms with Gasteiger partial charge in [0.2, 0.25) is 5.13 Å². The summed E-state index contributed by atoms with van der Waals surface area (Å²) in [5.74, 6) is 0.0247. The van der Waals surface area contributed by atoms with Gasteiger partial charge in [0, 0.05) is 24.1 Å². The van der Waals surface area contributed by atoms with Crippen LogP contribution in [0.25, 0.3) is 11.1 Å². The second-order valence-corrected chi connectivity index (χ2v) is 10.8. The lowest BCUT2D eigenvalue weighted by atomic mass is 9.81. The number of nitrogens with one attached hydrogen (secondary N) is 1. The molecule has 1 aliphatic heterocycles. The van der Waals surface area contributed by atoms with E-state index < -0.39 is 15.8 Å². The van der Waals surface area contributed by atoms with E-state index in [2.05, 4.69) is 38.1 Å². The summed E-state index contributed by atoms with van der Waals surface area (Å²) in [6, 6.07) is 4.46. The fraction of sp³-hybridized carbons (Fsp3) is 0.409. The van der Waals surface area contributed by atoms with Gasteiger partial charge in [-0.1, -0.05) is 19.1 Å². The highest BCUT2D eigenvalue weighted by Gasteiger charge is 2.27. The molecule has 1 unspecified atom stereocenters. The summed E-state index contributed by atoms with van der Waals surface area (Å²) in [5, 5.41) is 0.172. The molecule has 9 nitrogen and oxygen atoms in total. The molecule has 0 amide bonds. The van der Waals surface area contributed by atoms with Gasteiger partial charge in [-0.05, 0) is 61.5 Å². The SMILES string of the molecule is CCCN1CCC2CC=CC(Cn3c(=O)oc4cc(S(=O)(=O)Nc5ncns5)ccc43)=C2C1. The zero-order chi connectivity index (χ0) is 23.0. The van der Waals surface area contributed by atoms with Gasteiger partial charge < -0.3 is 4.42 Å². The molecule has 5 rings (SSSR count). The van der Waals surface area contributed by atoms with Crippen LogP contribution in [0.1, 0.15) is 26.2 Å². The maximum atomic E-state index is 12.7. The number of anilines is 1. The van der Waals surface area contributed by atoms with Crippen molar-refractivity contribution in [3.8, 4) is 0 Å². The number of nitrogens with zero attached hydrogens (tertiary/aromatic N) is 4. The number of likely N-dealkylation sites (tertiary alicyclic amines) is 1. The molecule has 1 N–H and O–H groups in total. The number of hydrogen-bond donors (Lipinski definition) is 1. The van der Waals surface area contributed by atoms with E-state index in [1.54, 1.807) is 10.6 Å². The molecule has 1 saturated heterocycles. The van der Waals surface area contributed by atoms with Crippen LogP contribution in [-0.4, -0.2) is 46.9 Å². The van der Waals surface area contributed by atoms with E-state index in [0.29, 0.717) is 18.0 Å². The van der Waals surface area contributed by atoms with Gasteiger partial charge in [-0.25, -0.2) is 18.2 Å². The number of rotatable bonds is 7. The molecule has 2 aromatic heterocycles. The van der Waals surface area contributed by atoms with Gasteiger partial charge in [-0.3, -0.25) is 14.2 Å². The van der Waals surface area contributed by atoms with Crippen LogP contribution in [-0.2, 0) is 16.6 Å². The first-order chi connectivity index (χ1) is 15.9. The Balaban J connectivity index is 1.46. The van der Waals surface area contributed by atoms with Crippen molar-refractivity contribution in [3.63, 3.8) is 0 Å². The highest BCUT2D eigenvalue weighted by atomic mass is 32.2. The van der Waals surface area contributed by atoms with E-state index in [9.17, 15) is 13.2 Å².